The lowest BCUT2D eigenvalue weighted by Crippen LogP contribution is -2.47. The maximum atomic E-state index is 6.04. The quantitative estimate of drug-likeness (QED) is 0.938. The second-order valence-electron chi connectivity index (χ2n) is 5.76. The van der Waals surface area contributed by atoms with Gasteiger partial charge in [-0.05, 0) is 38.7 Å². The molecule has 114 valence electrons. The molecule has 1 aromatic heterocycles. The van der Waals surface area contributed by atoms with E-state index in [0.29, 0.717) is 0 Å². The number of rotatable bonds is 4. The van der Waals surface area contributed by atoms with Gasteiger partial charge < -0.3 is 14.5 Å². The highest BCUT2D eigenvalue weighted by molar-refractivity contribution is 5.78. The molecule has 4 nitrogen and oxygen atoms in total. The highest BCUT2D eigenvalue weighted by Gasteiger charge is 2.30. The normalized spacial score (nSPS) is 21.8. The summed E-state index contributed by atoms with van der Waals surface area (Å²) in [7, 11) is 1.97. The van der Waals surface area contributed by atoms with E-state index in [1.807, 2.05) is 13.1 Å². The van der Waals surface area contributed by atoms with Crippen molar-refractivity contribution in [2.75, 3.05) is 33.3 Å². The molecule has 2 unspecified atom stereocenters. The van der Waals surface area contributed by atoms with Crippen molar-refractivity contribution in [1.29, 1.82) is 0 Å². The molecule has 0 bridgehead atoms. The van der Waals surface area contributed by atoms with Crippen molar-refractivity contribution in [1.82, 2.24) is 10.2 Å². The molecule has 0 saturated carbocycles. The molecule has 1 N–H and O–H groups in total. The van der Waals surface area contributed by atoms with Gasteiger partial charge in [-0.25, -0.2) is 0 Å². The molecule has 2 aromatic rings. The summed E-state index contributed by atoms with van der Waals surface area (Å²) in [5.41, 5.74) is 2.20. The van der Waals surface area contributed by atoms with Crippen LogP contribution in [0.3, 0.4) is 0 Å². The number of aryl methyl sites for hydroxylation is 1. The summed E-state index contributed by atoms with van der Waals surface area (Å²) in [5, 5.41) is 4.52. The first-order valence-electron chi connectivity index (χ1n) is 7.72. The minimum atomic E-state index is 0.0899. The third-order valence-corrected chi connectivity index (χ3v) is 4.30. The minimum Gasteiger partial charge on any atom is -0.459 e. The van der Waals surface area contributed by atoms with Gasteiger partial charge in [0, 0.05) is 18.5 Å². The van der Waals surface area contributed by atoms with E-state index >= 15 is 0 Å². The lowest BCUT2D eigenvalue weighted by Gasteiger charge is -2.35. The molecule has 1 aliphatic rings. The van der Waals surface area contributed by atoms with Crippen LogP contribution in [0.4, 0.5) is 0 Å². The lowest BCUT2D eigenvalue weighted by atomic mass is 10.1. The molecule has 1 aliphatic heterocycles. The summed E-state index contributed by atoms with van der Waals surface area (Å²) in [4.78, 5) is 2.42. The van der Waals surface area contributed by atoms with Crippen LogP contribution in [-0.4, -0.2) is 44.3 Å². The van der Waals surface area contributed by atoms with Crippen molar-refractivity contribution in [3.63, 3.8) is 0 Å². The Labute approximate surface area is 126 Å². The van der Waals surface area contributed by atoms with Crippen LogP contribution in [0.1, 0.15) is 24.3 Å². The monoisotopic (exact) mass is 288 g/mol. The van der Waals surface area contributed by atoms with Crippen molar-refractivity contribution < 1.29 is 9.15 Å². The van der Waals surface area contributed by atoms with Gasteiger partial charge in [0.1, 0.15) is 11.3 Å². The third-order valence-electron chi connectivity index (χ3n) is 4.30. The van der Waals surface area contributed by atoms with Crippen molar-refractivity contribution >= 4 is 11.0 Å². The molecular weight excluding hydrogens is 264 g/mol. The van der Waals surface area contributed by atoms with E-state index in [9.17, 15) is 0 Å². The summed E-state index contributed by atoms with van der Waals surface area (Å²) in [6.07, 6.45) is 0.130. The van der Waals surface area contributed by atoms with Crippen LogP contribution in [0.15, 0.2) is 28.7 Å². The predicted molar refractivity (Wildman–Crippen MR) is 84.6 cm³/mol. The van der Waals surface area contributed by atoms with Crippen molar-refractivity contribution in [2.24, 2.45) is 0 Å². The topological polar surface area (TPSA) is 37.6 Å². The molecule has 2 heterocycles. The largest absolute Gasteiger partial charge is 0.459 e. The Morgan fingerprint density at radius 2 is 2.24 bits per heavy atom. The van der Waals surface area contributed by atoms with E-state index < -0.39 is 0 Å². The summed E-state index contributed by atoms with van der Waals surface area (Å²) in [5.74, 6) is 0.959. The second-order valence-corrected chi connectivity index (χ2v) is 5.76. The summed E-state index contributed by atoms with van der Waals surface area (Å²) < 4.78 is 12.0. The van der Waals surface area contributed by atoms with Crippen LogP contribution in [-0.2, 0) is 4.74 Å². The van der Waals surface area contributed by atoms with Crippen LogP contribution in [0.5, 0.6) is 0 Å². The van der Waals surface area contributed by atoms with Gasteiger partial charge in [-0.15, -0.1) is 0 Å². The van der Waals surface area contributed by atoms with E-state index in [2.05, 4.69) is 42.3 Å². The molecule has 0 amide bonds. The number of hydrogen-bond acceptors (Lipinski definition) is 4. The Morgan fingerprint density at radius 3 is 3.00 bits per heavy atom. The van der Waals surface area contributed by atoms with Crippen LogP contribution in [0.25, 0.3) is 11.0 Å². The Morgan fingerprint density at radius 1 is 1.38 bits per heavy atom. The van der Waals surface area contributed by atoms with Gasteiger partial charge in [-0.1, -0.05) is 18.6 Å². The number of ether oxygens (including phenoxy) is 1. The Hall–Kier alpha value is -1.36. The van der Waals surface area contributed by atoms with E-state index in [-0.39, 0.29) is 12.1 Å². The molecule has 1 aromatic carbocycles. The predicted octanol–water partition coefficient (Wildman–Crippen LogP) is 2.72. The molecule has 2 atom stereocenters. The van der Waals surface area contributed by atoms with Crippen LogP contribution < -0.4 is 5.32 Å². The summed E-state index contributed by atoms with van der Waals surface area (Å²) in [6, 6.07) is 8.51. The number of nitrogens with zero attached hydrogens (tertiary/aromatic N) is 1. The fourth-order valence-corrected chi connectivity index (χ4v) is 3.07. The average molecular weight is 288 g/mol. The molecule has 4 heteroatoms. The van der Waals surface area contributed by atoms with E-state index in [0.717, 1.165) is 43.0 Å². The molecule has 0 aliphatic carbocycles. The number of morpholine rings is 1. The first-order valence-corrected chi connectivity index (χ1v) is 7.72. The van der Waals surface area contributed by atoms with Crippen LogP contribution >= 0.6 is 0 Å². The van der Waals surface area contributed by atoms with Gasteiger partial charge in [0.25, 0.3) is 0 Å². The molecule has 1 fully saturated rings. The van der Waals surface area contributed by atoms with Crippen molar-refractivity contribution in [3.05, 3.63) is 35.6 Å². The van der Waals surface area contributed by atoms with E-state index in [1.54, 1.807) is 0 Å². The van der Waals surface area contributed by atoms with Crippen LogP contribution in [0.2, 0.25) is 0 Å². The molecular formula is C17H24N2O2. The Bertz CT molecular complexity index is 608. The van der Waals surface area contributed by atoms with Gasteiger partial charge in [0.2, 0.25) is 0 Å². The SMILES string of the molecule is CCN1CCOC(C(NC)c2cc3cc(C)ccc3o2)C1. The Kier molecular flexibility index (Phi) is 4.29. The molecule has 0 spiro atoms. The minimum absolute atomic E-state index is 0.0899. The molecule has 3 rings (SSSR count). The zero-order chi connectivity index (χ0) is 14.8. The summed E-state index contributed by atoms with van der Waals surface area (Å²) >= 11 is 0. The van der Waals surface area contributed by atoms with Gasteiger partial charge in [-0.3, -0.25) is 4.90 Å². The third kappa shape index (κ3) is 2.98. The second kappa shape index (κ2) is 6.18. The Balaban J connectivity index is 1.87. The summed E-state index contributed by atoms with van der Waals surface area (Å²) in [6.45, 7) is 8.11. The van der Waals surface area contributed by atoms with E-state index in [4.69, 9.17) is 9.15 Å². The van der Waals surface area contributed by atoms with Crippen LogP contribution in [0, 0.1) is 6.92 Å². The van der Waals surface area contributed by atoms with Gasteiger partial charge >= 0.3 is 0 Å². The van der Waals surface area contributed by atoms with Gasteiger partial charge in [-0.2, -0.15) is 0 Å². The maximum absolute atomic E-state index is 6.04. The first-order chi connectivity index (χ1) is 10.2. The van der Waals surface area contributed by atoms with Gasteiger partial charge in [0.05, 0.1) is 18.8 Å². The molecule has 21 heavy (non-hydrogen) atoms. The molecule has 0 radical (unpaired) electrons. The van der Waals surface area contributed by atoms with Gasteiger partial charge in [0.15, 0.2) is 0 Å². The average Bonchev–Trinajstić information content (AvgIpc) is 2.91. The smallest absolute Gasteiger partial charge is 0.134 e. The number of hydrogen-bond donors (Lipinski definition) is 1. The number of nitrogens with one attached hydrogen (secondary N) is 1. The van der Waals surface area contributed by atoms with Crippen molar-refractivity contribution in [3.8, 4) is 0 Å². The van der Waals surface area contributed by atoms with E-state index in [1.165, 1.54) is 5.56 Å². The lowest BCUT2D eigenvalue weighted by molar-refractivity contribution is -0.0474. The zero-order valence-corrected chi connectivity index (χ0v) is 13.1. The highest BCUT2D eigenvalue weighted by atomic mass is 16.5. The molecule has 1 saturated heterocycles. The maximum Gasteiger partial charge on any atom is 0.134 e. The first kappa shape index (κ1) is 14.6. The number of furan rings is 1. The number of benzene rings is 1. The fraction of sp³-hybridized carbons (Fsp3) is 0.529. The van der Waals surface area contributed by atoms with Crippen molar-refractivity contribution in [2.45, 2.75) is 26.0 Å². The fourth-order valence-electron chi connectivity index (χ4n) is 3.07. The number of likely N-dealkylation sites (N-methyl/N-ethyl adjacent to an activating group) is 2. The highest BCUT2D eigenvalue weighted by Crippen LogP contribution is 2.28. The number of fused-ring (bicyclic) bond motifs is 1. The zero-order valence-electron chi connectivity index (χ0n) is 13.1. The standard InChI is InChI=1S/C17H24N2O2/c1-4-19-7-8-20-16(11-19)17(18-3)15-10-13-9-12(2)5-6-14(13)21-15/h5-6,9-10,16-18H,4,7-8,11H2,1-3H3.